The molecule has 1 amide bonds. The Kier molecular flexibility index (Phi) is 4.84. The maximum atomic E-state index is 12.8. The van der Waals surface area contributed by atoms with Crippen LogP contribution in [0.15, 0.2) is 60.8 Å². The average Bonchev–Trinajstić information content (AvgIpc) is 3.08. The van der Waals surface area contributed by atoms with Crippen LogP contribution in [0, 0.1) is 6.92 Å². The van der Waals surface area contributed by atoms with Crippen LogP contribution in [0.2, 0.25) is 0 Å². The summed E-state index contributed by atoms with van der Waals surface area (Å²) in [5.74, 6) is 0.289. The highest BCUT2D eigenvalue weighted by Gasteiger charge is 2.21. The summed E-state index contributed by atoms with van der Waals surface area (Å²) in [7, 11) is 3.31. The van der Waals surface area contributed by atoms with Gasteiger partial charge in [-0.3, -0.25) is 4.79 Å². The van der Waals surface area contributed by atoms with E-state index in [4.69, 9.17) is 4.74 Å². The lowest BCUT2D eigenvalue weighted by Crippen LogP contribution is -2.27. The van der Waals surface area contributed by atoms with Crippen LogP contribution in [0.25, 0.3) is 5.69 Å². The zero-order valence-electron chi connectivity index (χ0n) is 14.6. The number of nitrogens with zero attached hydrogens (tertiary/aromatic N) is 3. The van der Waals surface area contributed by atoms with Gasteiger partial charge in [-0.15, -0.1) is 0 Å². The van der Waals surface area contributed by atoms with Gasteiger partial charge in [-0.1, -0.05) is 48.0 Å². The van der Waals surface area contributed by atoms with Crippen molar-refractivity contribution in [2.75, 3.05) is 14.2 Å². The molecule has 0 N–H and O–H groups in total. The molecule has 0 aliphatic heterocycles. The first-order valence-electron chi connectivity index (χ1n) is 8.08. The molecule has 25 heavy (non-hydrogen) atoms. The van der Waals surface area contributed by atoms with Crippen LogP contribution in [-0.4, -0.2) is 34.7 Å². The molecule has 1 aromatic heterocycles. The number of carbonyl (C=O) groups excluding carboxylic acids is 1. The summed E-state index contributed by atoms with van der Waals surface area (Å²) >= 11 is 0. The molecule has 0 fully saturated rings. The molecule has 1 heterocycles. The highest BCUT2D eigenvalue weighted by Crippen LogP contribution is 2.21. The molecule has 0 aliphatic rings. The minimum Gasteiger partial charge on any atom is -0.493 e. The Labute approximate surface area is 147 Å². The second-order valence-electron chi connectivity index (χ2n) is 5.97. The monoisotopic (exact) mass is 335 g/mol. The number of methoxy groups -OCH3 is 1. The molecule has 0 bridgehead atoms. The van der Waals surface area contributed by atoms with Gasteiger partial charge in [0.15, 0.2) is 11.4 Å². The molecule has 0 saturated carbocycles. The van der Waals surface area contributed by atoms with Crippen LogP contribution < -0.4 is 4.74 Å². The van der Waals surface area contributed by atoms with Gasteiger partial charge in [0.1, 0.15) is 0 Å². The van der Waals surface area contributed by atoms with E-state index < -0.39 is 0 Å². The lowest BCUT2D eigenvalue weighted by Gasteiger charge is -2.16. The molecular formula is C20H21N3O2. The van der Waals surface area contributed by atoms with E-state index in [9.17, 15) is 4.79 Å². The minimum absolute atomic E-state index is 0.174. The second-order valence-corrected chi connectivity index (χ2v) is 5.97. The molecule has 2 aromatic carbocycles. The van der Waals surface area contributed by atoms with Crippen LogP contribution in [0.3, 0.4) is 0 Å². The molecule has 0 spiro atoms. The number of hydrogen-bond donors (Lipinski definition) is 0. The molecule has 0 unspecified atom stereocenters. The normalized spacial score (nSPS) is 10.5. The molecule has 128 valence electrons. The highest BCUT2D eigenvalue weighted by molar-refractivity contribution is 5.94. The Hall–Kier alpha value is -3.08. The van der Waals surface area contributed by atoms with E-state index in [0.29, 0.717) is 18.0 Å². The van der Waals surface area contributed by atoms with E-state index in [1.165, 1.54) is 5.56 Å². The van der Waals surface area contributed by atoms with Crippen molar-refractivity contribution < 1.29 is 9.53 Å². The quantitative estimate of drug-likeness (QED) is 0.717. The summed E-state index contributed by atoms with van der Waals surface area (Å²) in [6.07, 6.45) is 1.72. The van der Waals surface area contributed by atoms with Gasteiger partial charge in [-0.25, -0.2) is 4.68 Å². The van der Waals surface area contributed by atoms with Gasteiger partial charge >= 0.3 is 0 Å². The molecular weight excluding hydrogens is 314 g/mol. The van der Waals surface area contributed by atoms with E-state index in [1.807, 2.05) is 61.5 Å². The molecule has 0 radical (unpaired) electrons. The van der Waals surface area contributed by atoms with E-state index in [2.05, 4.69) is 5.10 Å². The molecule has 3 aromatic rings. The maximum Gasteiger partial charge on any atom is 0.278 e. The number of carbonyl (C=O) groups is 1. The van der Waals surface area contributed by atoms with Crippen molar-refractivity contribution in [3.63, 3.8) is 0 Å². The van der Waals surface area contributed by atoms with Gasteiger partial charge in [-0.05, 0) is 24.6 Å². The third kappa shape index (κ3) is 3.71. The molecule has 0 aliphatic carbocycles. The first-order chi connectivity index (χ1) is 12.1. The molecule has 0 saturated heterocycles. The van der Waals surface area contributed by atoms with Crippen molar-refractivity contribution >= 4 is 5.91 Å². The van der Waals surface area contributed by atoms with Crippen molar-refractivity contribution in [2.24, 2.45) is 0 Å². The summed E-state index contributed by atoms with van der Waals surface area (Å²) in [5, 5.41) is 4.43. The van der Waals surface area contributed by atoms with Crippen molar-refractivity contribution in [3.05, 3.63) is 77.6 Å². The number of para-hydroxylation sites is 1. The largest absolute Gasteiger partial charge is 0.493 e. The fraction of sp³-hybridized carbons (Fsp3) is 0.200. The summed E-state index contributed by atoms with van der Waals surface area (Å²) in [6, 6.07) is 17.8. The molecule has 5 heteroatoms. The Morgan fingerprint density at radius 3 is 2.44 bits per heavy atom. The third-order valence-electron chi connectivity index (χ3n) is 4.01. The maximum absolute atomic E-state index is 12.8. The fourth-order valence-electron chi connectivity index (χ4n) is 2.59. The minimum atomic E-state index is -0.174. The van der Waals surface area contributed by atoms with Crippen molar-refractivity contribution in [2.45, 2.75) is 13.5 Å². The van der Waals surface area contributed by atoms with Gasteiger partial charge in [-0.2, -0.15) is 5.10 Å². The Morgan fingerprint density at radius 1 is 1.12 bits per heavy atom. The highest BCUT2D eigenvalue weighted by atomic mass is 16.5. The van der Waals surface area contributed by atoms with Gasteiger partial charge in [0.05, 0.1) is 19.0 Å². The summed E-state index contributed by atoms with van der Waals surface area (Å²) in [4.78, 5) is 14.5. The van der Waals surface area contributed by atoms with Crippen molar-refractivity contribution in [3.8, 4) is 11.4 Å². The van der Waals surface area contributed by atoms with Crippen LogP contribution in [-0.2, 0) is 6.54 Å². The Balaban J connectivity index is 1.83. The van der Waals surface area contributed by atoms with E-state index in [0.717, 1.165) is 11.3 Å². The van der Waals surface area contributed by atoms with Crippen LogP contribution in [0.1, 0.15) is 21.6 Å². The number of amides is 1. The predicted molar refractivity (Wildman–Crippen MR) is 97.1 cm³/mol. The Bertz CT molecular complexity index is 854. The number of aryl methyl sites for hydroxylation is 1. The topological polar surface area (TPSA) is 47.4 Å². The van der Waals surface area contributed by atoms with Gasteiger partial charge in [0.25, 0.3) is 5.91 Å². The summed E-state index contributed by atoms with van der Waals surface area (Å²) in [5.41, 5.74) is 3.45. The van der Waals surface area contributed by atoms with Crippen molar-refractivity contribution in [1.82, 2.24) is 14.7 Å². The zero-order chi connectivity index (χ0) is 17.8. The molecule has 3 rings (SSSR count). The summed E-state index contributed by atoms with van der Waals surface area (Å²) in [6.45, 7) is 2.56. The number of benzene rings is 2. The van der Waals surface area contributed by atoms with Crippen LogP contribution in [0.5, 0.6) is 5.75 Å². The van der Waals surface area contributed by atoms with Gasteiger partial charge < -0.3 is 9.64 Å². The fourth-order valence-corrected chi connectivity index (χ4v) is 2.59. The number of hydrogen-bond acceptors (Lipinski definition) is 3. The lowest BCUT2D eigenvalue weighted by atomic mass is 10.1. The van der Waals surface area contributed by atoms with E-state index >= 15 is 0 Å². The molecule has 0 atom stereocenters. The first-order valence-corrected chi connectivity index (χ1v) is 8.08. The van der Waals surface area contributed by atoms with Gasteiger partial charge in [0, 0.05) is 13.6 Å². The number of ether oxygens (including phenoxy) is 1. The van der Waals surface area contributed by atoms with Crippen LogP contribution >= 0.6 is 0 Å². The first kappa shape index (κ1) is 16.8. The zero-order valence-corrected chi connectivity index (χ0v) is 14.6. The number of aromatic nitrogens is 2. The summed E-state index contributed by atoms with van der Waals surface area (Å²) < 4.78 is 7.01. The van der Waals surface area contributed by atoms with Gasteiger partial charge in [0.2, 0.25) is 0 Å². The standard InChI is InChI=1S/C20H21N3O2/c1-15-9-11-16(12-10-15)13-22(2)20(24)19-18(25-3)14-23(21-19)17-7-5-4-6-8-17/h4-12,14H,13H2,1-3H3. The van der Waals surface area contributed by atoms with E-state index in [1.54, 1.807) is 29.9 Å². The third-order valence-corrected chi connectivity index (χ3v) is 4.01. The SMILES string of the molecule is COc1cn(-c2ccccc2)nc1C(=O)N(C)Cc1ccc(C)cc1. The average molecular weight is 335 g/mol. The van der Waals surface area contributed by atoms with Crippen LogP contribution in [0.4, 0.5) is 0 Å². The van der Waals surface area contributed by atoms with Crippen molar-refractivity contribution in [1.29, 1.82) is 0 Å². The smallest absolute Gasteiger partial charge is 0.278 e. The lowest BCUT2D eigenvalue weighted by molar-refractivity contribution is 0.0775. The van der Waals surface area contributed by atoms with E-state index in [-0.39, 0.29) is 5.91 Å². The predicted octanol–water partition coefficient (Wildman–Crippen LogP) is 3.46. The number of rotatable bonds is 5. The Morgan fingerprint density at radius 2 is 1.80 bits per heavy atom. The molecule has 5 nitrogen and oxygen atoms in total. The second kappa shape index (κ2) is 7.21.